The number of aromatic amines is 1. The van der Waals surface area contributed by atoms with E-state index in [9.17, 15) is 0 Å². The number of nitrogens with one attached hydrogen (secondary N) is 1. The first-order valence-corrected chi connectivity index (χ1v) is 15.5. The van der Waals surface area contributed by atoms with Gasteiger partial charge in [-0.25, -0.2) is 0 Å². The molecule has 198 valence electrons. The highest BCUT2D eigenvalue weighted by atomic mass is 32.1. The summed E-state index contributed by atoms with van der Waals surface area (Å²) in [4.78, 5) is 3.83. The number of thiophene rings is 1. The molecular weight excluding hydrogens is 527 g/mol. The zero-order valence-corrected chi connectivity index (χ0v) is 23.8. The molecule has 9 rings (SSSR count). The van der Waals surface area contributed by atoms with Crippen LogP contribution >= 0.6 is 11.3 Å². The Bertz CT molecular complexity index is 2340. The maximum Gasteiger partial charge on any atom is 0.0646 e. The van der Waals surface area contributed by atoms with E-state index in [1.165, 1.54) is 86.5 Å². The van der Waals surface area contributed by atoms with Crippen LogP contribution in [0.15, 0.2) is 127 Å². The van der Waals surface area contributed by atoms with E-state index in [-0.39, 0.29) is 0 Å². The van der Waals surface area contributed by atoms with E-state index in [0.717, 1.165) is 12.8 Å². The summed E-state index contributed by atoms with van der Waals surface area (Å²) in [7, 11) is 0. The van der Waals surface area contributed by atoms with Crippen molar-refractivity contribution in [1.29, 1.82) is 0 Å². The minimum absolute atomic E-state index is 1.12. The Morgan fingerprint density at radius 1 is 0.571 bits per heavy atom. The topological polar surface area (TPSA) is 15.8 Å². The molecule has 0 unspecified atom stereocenters. The molecule has 8 aromatic rings. The van der Waals surface area contributed by atoms with Crippen molar-refractivity contribution in [2.45, 2.75) is 12.8 Å². The lowest BCUT2D eigenvalue weighted by Gasteiger charge is -2.13. The standard InChI is InChI=1S/C40H27NS/c1-3-9-25(10-4-1)29-17-19-36-33(22-29)34-24-32(31-16-15-27-13-7-8-14-28(27)21-31)38-35-23-30(26-11-5-2-6-12-26)18-20-37(35)42-40(38)39(34)41-36/h1-6,8-12,14-24,41H,7,13H2. The van der Waals surface area contributed by atoms with Gasteiger partial charge in [-0.2, -0.15) is 0 Å². The van der Waals surface area contributed by atoms with Crippen LogP contribution in [-0.4, -0.2) is 4.98 Å². The second-order valence-electron chi connectivity index (χ2n) is 11.3. The van der Waals surface area contributed by atoms with Gasteiger partial charge in [0.1, 0.15) is 0 Å². The van der Waals surface area contributed by atoms with E-state index < -0.39 is 0 Å². The summed E-state index contributed by atoms with van der Waals surface area (Å²) in [5.41, 5.74) is 12.8. The molecule has 1 N–H and O–H groups in total. The van der Waals surface area contributed by atoms with Crippen molar-refractivity contribution in [2.75, 3.05) is 0 Å². The molecule has 0 aliphatic heterocycles. The molecule has 0 amide bonds. The third-order valence-electron chi connectivity index (χ3n) is 8.86. The SMILES string of the molecule is C1=Cc2cc(-c3cc4c5cc(-c6ccccc6)ccc5[nH]c4c4sc5ccc(-c6ccccc6)cc5c34)ccc2CC1. The van der Waals surface area contributed by atoms with E-state index in [1.54, 1.807) is 0 Å². The number of rotatable bonds is 3. The van der Waals surface area contributed by atoms with Gasteiger partial charge >= 0.3 is 0 Å². The number of hydrogen-bond donors (Lipinski definition) is 1. The third-order valence-corrected chi connectivity index (χ3v) is 10.0. The summed E-state index contributed by atoms with van der Waals surface area (Å²) in [6.45, 7) is 0. The zero-order valence-electron chi connectivity index (χ0n) is 23.0. The van der Waals surface area contributed by atoms with Gasteiger partial charge in [-0.1, -0.05) is 97.1 Å². The Kier molecular flexibility index (Phi) is 5.26. The summed E-state index contributed by atoms with van der Waals surface area (Å²) in [5, 5.41) is 5.23. The van der Waals surface area contributed by atoms with Crippen LogP contribution in [0.5, 0.6) is 0 Å². The van der Waals surface area contributed by atoms with Crippen molar-refractivity contribution in [3.8, 4) is 33.4 Å². The van der Waals surface area contributed by atoms with E-state index >= 15 is 0 Å². The smallest absolute Gasteiger partial charge is 0.0646 e. The molecule has 0 bridgehead atoms. The average Bonchev–Trinajstić information content (AvgIpc) is 3.63. The third kappa shape index (κ3) is 3.69. The Hall–Kier alpha value is -4.92. The largest absolute Gasteiger partial charge is 0.353 e. The average molecular weight is 554 g/mol. The van der Waals surface area contributed by atoms with Gasteiger partial charge in [0.2, 0.25) is 0 Å². The molecule has 1 nitrogen and oxygen atoms in total. The first kappa shape index (κ1) is 23.8. The van der Waals surface area contributed by atoms with Crippen LogP contribution in [0.2, 0.25) is 0 Å². The van der Waals surface area contributed by atoms with Crippen LogP contribution < -0.4 is 0 Å². The van der Waals surface area contributed by atoms with Crippen LogP contribution in [-0.2, 0) is 6.42 Å². The molecule has 2 aromatic heterocycles. The number of aromatic nitrogens is 1. The van der Waals surface area contributed by atoms with Crippen molar-refractivity contribution < 1.29 is 0 Å². The molecule has 42 heavy (non-hydrogen) atoms. The van der Waals surface area contributed by atoms with Crippen molar-refractivity contribution in [3.63, 3.8) is 0 Å². The lowest BCUT2D eigenvalue weighted by Crippen LogP contribution is -1.94. The van der Waals surface area contributed by atoms with Gasteiger partial charge in [-0.15, -0.1) is 11.3 Å². The first-order chi connectivity index (χ1) is 20.8. The first-order valence-electron chi connectivity index (χ1n) is 14.7. The molecule has 1 aliphatic rings. The van der Waals surface area contributed by atoms with E-state index in [4.69, 9.17) is 0 Å². The maximum atomic E-state index is 3.83. The molecule has 0 spiro atoms. The highest BCUT2D eigenvalue weighted by Crippen LogP contribution is 2.47. The highest BCUT2D eigenvalue weighted by molar-refractivity contribution is 7.26. The van der Waals surface area contributed by atoms with Crippen molar-refractivity contribution in [2.24, 2.45) is 0 Å². The number of allylic oxidation sites excluding steroid dienone is 1. The quantitative estimate of drug-likeness (QED) is 0.224. The molecule has 0 radical (unpaired) electrons. The number of hydrogen-bond acceptors (Lipinski definition) is 1. The lowest BCUT2D eigenvalue weighted by molar-refractivity contribution is 0.986. The summed E-state index contributed by atoms with van der Waals surface area (Å²) < 4.78 is 2.65. The summed E-state index contributed by atoms with van der Waals surface area (Å²) in [5.74, 6) is 0. The summed E-state index contributed by atoms with van der Waals surface area (Å²) in [6.07, 6.45) is 6.85. The van der Waals surface area contributed by atoms with Crippen LogP contribution in [0.1, 0.15) is 17.5 Å². The van der Waals surface area contributed by atoms with E-state index in [1.807, 2.05) is 11.3 Å². The van der Waals surface area contributed by atoms with Crippen LogP contribution in [0.25, 0.3) is 81.4 Å². The zero-order chi connectivity index (χ0) is 27.6. The summed E-state index contributed by atoms with van der Waals surface area (Å²) in [6, 6.07) is 44.8. The second kappa shape index (κ2) is 9.30. The Labute approximate surface area is 248 Å². The molecule has 0 fully saturated rings. The van der Waals surface area contributed by atoms with Crippen molar-refractivity contribution in [1.82, 2.24) is 4.98 Å². The molecule has 0 saturated heterocycles. The van der Waals surface area contributed by atoms with Gasteiger partial charge < -0.3 is 4.98 Å². The number of aryl methyl sites for hydroxylation is 1. The second-order valence-corrected chi connectivity index (χ2v) is 12.4. The predicted molar refractivity (Wildman–Crippen MR) is 182 cm³/mol. The maximum absolute atomic E-state index is 3.83. The molecule has 2 heteroatoms. The van der Waals surface area contributed by atoms with Gasteiger partial charge in [-0.05, 0) is 93.7 Å². The summed E-state index contributed by atoms with van der Waals surface area (Å²) >= 11 is 1.90. The fraction of sp³-hybridized carbons (Fsp3) is 0.0500. The molecular formula is C40H27NS. The van der Waals surface area contributed by atoms with Crippen LogP contribution in [0.3, 0.4) is 0 Å². The van der Waals surface area contributed by atoms with Crippen molar-refractivity contribution >= 4 is 59.4 Å². The fourth-order valence-electron chi connectivity index (χ4n) is 6.74. The Morgan fingerprint density at radius 2 is 1.29 bits per heavy atom. The Balaban J connectivity index is 1.38. The van der Waals surface area contributed by atoms with Gasteiger partial charge in [0.25, 0.3) is 0 Å². The van der Waals surface area contributed by atoms with Crippen LogP contribution in [0, 0.1) is 0 Å². The predicted octanol–water partition coefficient (Wildman–Crippen LogP) is 11.6. The number of fused-ring (bicyclic) bond motifs is 8. The number of H-pyrrole nitrogens is 1. The van der Waals surface area contributed by atoms with E-state index in [2.05, 4.69) is 138 Å². The molecule has 0 saturated carbocycles. The van der Waals surface area contributed by atoms with Gasteiger partial charge in [-0.3, -0.25) is 0 Å². The minimum Gasteiger partial charge on any atom is -0.353 e. The molecule has 0 atom stereocenters. The molecule has 2 heterocycles. The Morgan fingerprint density at radius 3 is 2.07 bits per heavy atom. The fourth-order valence-corrected chi connectivity index (χ4v) is 7.95. The monoisotopic (exact) mass is 553 g/mol. The van der Waals surface area contributed by atoms with E-state index in [0.29, 0.717) is 0 Å². The molecule has 6 aromatic carbocycles. The van der Waals surface area contributed by atoms with Crippen molar-refractivity contribution in [3.05, 3.63) is 139 Å². The molecule has 1 aliphatic carbocycles. The van der Waals surface area contributed by atoms with Gasteiger partial charge in [0.15, 0.2) is 0 Å². The lowest BCUT2D eigenvalue weighted by atomic mass is 9.90. The highest BCUT2D eigenvalue weighted by Gasteiger charge is 2.19. The van der Waals surface area contributed by atoms with Gasteiger partial charge in [0.05, 0.1) is 10.2 Å². The van der Waals surface area contributed by atoms with Gasteiger partial charge in [0, 0.05) is 31.8 Å². The normalized spacial score (nSPS) is 13.0. The minimum atomic E-state index is 1.12. The van der Waals surface area contributed by atoms with Crippen LogP contribution in [0.4, 0.5) is 0 Å². The number of benzene rings is 6.